The van der Waals surface area contributed by atoms with Crippen molar-refractivity contribution in [3.8, 4) is 28.2 Å². The van der Waals surface area contributed by atoms with Crippen molar-refractivity contribution in [1.82, 2.24) is 13.7 Å². The molecule has 0 spiro atoms. The maximum Gasteiger partial charge on any atom is 0.179 e. The standard InChI is InChI=1S/C66H45N3Si/c1-5-22-48(23-6-1)67-61-36-16-13-33-55(61)58-42-47(39-40-64(58)67)46-21-19-31-53(41-46)70(51-27-9-3-10-28-51,52-29-11-4-12-30-52)54-32-20-26-50(43-54)69-63-38-18-15-35-57(63)60-44-59-56-34-14-17-37-62(56)68(65(59)45-66(60)69)49-24-7-2-8-25-49/h1-45H. The molecular weight excluding hydrogens is 863 g/mol. The number of benzene rings is 11. The highest BCUT2D eigenvalue weighted by molar-refractivity contribution is 7.20. The van der Waals surface area contributed by atoms with E-state index in [0.717, 1.165) is 17.1 Å². The minimum absolute atomic E-state index is 1.14. The molecule has 14 aromatic rings. The Morgan fingerprint density at radius 3 is 1.11 bits per heavy atom. The van der Waals surface area contributed by atoms with Crippen LogP contribution in [0.2, 0.25) is 0 Å². The van der Waals surface area contributed by atoms with Crippen molar-refractivity contribution in [1.29, 1.82) is 0 Å². The molecule has 0 atom stereocenters. The van der Waals surface area contributed by atoms with E-state index >= 15 is 0 Å². The quantitative estimate of drug-likeness (QED) is 0.107. The molecule has 0 amide bonds. The van der Waals surface area contributed by atoms with E-state index in [1.54, 1.807) is 0 Å². The topological polar surface area (TPSA) is 14.8 Å². The van der Waals surface area contributed by atoms with E-state index in [9.17, 15) is 0 Å². The van der Waals surface area contributed by atoms with Crippen LogP contribution in [-0.2, 0) is 0 Å². The molecule has 3 nitrogen and oxygen atoms in total. The highest BCUT2D eigenvalue weighted by atomic mass is 28.3. The van der Waals surface area contributed by atoms with Crippen LogP contribution < -0.4 is 20.7 Å². The van der Waals surface area contributed by atoms with Crippen LogP contribution in [0.5, 0.6) is 0 Å². The molecular formula is C66H45N3Si. The summed E-state index contributed by atoms with van der Waals surface area (Å²) in [4.78, 5) is 0. The van der Waals surface area contributed by atoms with Crippen LogP contribution in [0.3, 0.4) is 0 Å². The molecule has 0 saturated heterocycles. The summed E-state index contributed by atoms with van der Waals surface area (Å²) >= 11 is 0. The lowest BCUT2D eigenvalue weighted by atomic mass is 10.0. The maximum atomic E-state index is 2.51. The third-order valence-corrected chi connectivity index (χ3v) is 19.5. The number of rotatable bonds is 8. The third-order valence-electron chi connectivity index (χ3n) is 14.7. The van der Waals surface area contributed by atoms with Gasteiger partial charge in [0.1, 0.15) is 0 Å². The van der Waals surface area contributed by atoms with Gasteiger partial charge in [-0.05, 0) is 111 Å². The van der Waals surface area contributed by atoms with Crippen molar-refractivity contribution in [3.05, 3.63) is 273 Å². The van der Waals surface area contributed by atoms with Crippen molar-refractivity contribution in [3.63, 3.8) is 0 Å². The lowest BCUT2D eigenvalue weighted by Gasteiger charge is -2.35. The van der Waals surface area contributed by atoms with Crippen molar-refractivity contribution in [2.24, 2.45) is 0 Å². The molecule has 0 fully saturated rings. The number of hydrogen-bond acceptors (Lipinski definition) is 0. The smallest absolute Gasteiger partial charge is 0.179 e. The highest BCUT2D eigenvalue weighted by Gasteiger charge is 2.42. The SMILES string of the molecule is c1ccc(-n2c3ccccc3c3cc(-c4cccc([Si](c5ccccc5)(c5ccccc5)c5cccc(-n6c7ccccc7c7cc8c9ccccc9n(-c9ccccc9)c8cc76)c5)c4)ccc32)cc1. The molecule has 0 bridgehead atoms. The van der Waals surface area contributed by atoms with Gasteiger partial charge in [-0.3, -0.25) is 0 Å². The predicted molar refractivity (Wildman–Crippen MR) is 299 cm³/mol. The Kier molecular flexibility index (Phi) is 9.23. The Balaban J connectivity index is 1.00. The molecule has 70 heavy (non-hydrogen) atoms. The summed E-state index contributed by atoms with van der Waals surface area (Å²) in [6, 6.07) is 102. The van der Waals surface area contributed by atoms with E-state index in [4.69, 9.17) is 0 Å². The van der Waals surface area contributed by atoms with Crippen molar-refractivity contribution in [2.45, 2.75) is 0 Å². The van der Waals surface area contributed by atoms with Gasteiger partial charge < -0.3 is 13.7 Å². The summed E-state index contributed by atoms with van der Waals surface area (Å²) in [5.74, 6) is 0. The summed E-state index contributed by atoms with van der Waals surface area (Å²) < 4.78 is 7.33. The van der Waals surface area contributed by atoms with Crippen LogP contribution in [0.4, 0.5) is 0 Å². The lowest BCUT2D eigenvalue weighted by molar-refractivity contribution is 1.17. The Morgan fingerprint density at radius 2 is 0.571 bits per heavy atom. The van der Waals surface area contributed by atoms with Gasteiger partial charge in [0.2, 0.25) is 0 Å². The van der Waals surface area contributed by atoms with Gasteiger partial charge in [0, 0.05) is 49.4 Å². The lowest BCUT2D eigenvalue weighted by Crippen LogP contribution is -2.74. The van der Waals surface area contributed by atoms with Crippen molar-refractivity contribution >= 4 is 94.2 Å². The molecule has 4 heteroatoms. The molecule has 328 valence electrons. The maximum absolute atomic E-state index is 3.02. The average Bonchev–Trinajstić information content (AvgIpc) is 4.07. The Morgan fingerprint density at radius 1 is 0.200 bits per heavy atom. The molecule has 0 unspecified atom stereocenters. The fourth-order valence-corrected chi connectivity index (χ4v) is 16.6. The van der Waals surface area contributed by atoms with Gasteiger partial charge in [-0.25, -0.2) is 0 Å². The molecule has 0 radical (unpaired) electrons. The van der Waals surface area contributed by atoms with E-state index in [1.807, 2.05) is 0 Å². The average molecular weight is 908 g/mol. The molecule has 0 N–H and O–H groups in total. The van der Waals surface area contributed by atoms with Gasteiger partial charge in [-0.1, -0.05) is 194 Å². The molecule has 11 aromatic carbocycles. The molecule has 3 heterocycles. The number of para-hydroxylation sites is 5. The van der Waals surface area contributed by atoms with Crippen molar-refractivity contribution in [2.75, 3.05) is 0 Å². The molecule has 14 rings (SSSR count). The van der Waals surface area contributed by atoms with Crippen LogP contribution >= 0.6 is 0 Å². The second kappa shape index (κ2) is 16.1. The minimum atomic E-state index is -3.02. The fraction of sp³-hybridized carbons (Fsp3) is 0. The largest absolute Gasteiger partial charge is 0.309 e. The first kappa shape index (κ1) is 40.1. The summed E-state index contributed by atoms with van der Waals surface area (Å²) in [6.45, 7) is 0. The van der Waals surface area contributed by atoms with Gasteiger partial charge in [-0.2, -0.15) is 0 Å². The van der Waals surface area contributed by atoms with Gasteiger partial charge in [0.15, 0.2) is 8.07 Å². The van der Waals surface area contributed by atoms with Gasteiger partial charge >= 0.3 is 0 Å². The summed E-state index contributed by atoms with van der Waals surface area (Å²) in [6.07, 6.45) is 0. The molecule has 0 saturated carbocycles. The molecule has 0 aliphatic carbocycles. The number of nitrogens with zero attached hydrogens (tertiary/aromatic N) is 3. The van der Waals surface area contributed by atoms with Crippen LogP contribution in [0.15, 0.2) is 273 Å². The Hall–Kier alpha value is -8.96. The van der Waals surface area contributed by atoms with Gasteiger partial charge in [0.05, 0.1) is 33.1 Å². The number of aromatic nitrogens is 3. The van der Waals surface area contributed by atoms with Gasteiger partial charge in [0.25, 0.3) is 0 Å². The first-order valence-electron chi connectivity index (χ1n) is 24.2. The number of hydrogen-bond donors (Lipinski definition) is 0. The van der Waals surface area contributed by atoms with Crippen LogP contribution in [0, 0.1) is 0 Å². The predicted octanol–water partition coefficient (Wildman–Crippen LogP) is 14.0. The van der Waals surface area contributed by atoms with E-state index in [2.05, 4.69) is 287 Å². The first-order valence-corrected chi connectivity index (χ1v) is 26.2. The second-order valence-electron chi connectivity index (χ2n) is 18.5. The van der Waals surface area contributed by atoms with Crippen LogP contribution in [0.25, 0.3) is 93.6 Å². The monoisotopic (exact) mass is 907 g/mol. The van der Waals surface area contributed by atoms with Crippen LogP contribution in [-0.4, -0.2) is 21.8 Å². The summed E-state index contributed by atoms with van der Waals surface area (Å²) in [7, 11) is -3.02. The summed E-state index contributed by atoms with van der Waals surface area (Å²) in [5, 5.41) is 12.8. The van der Waals surface area contributed by atoms with Gasteiger partial charge in [-0.15, -0.1) is 0 Å². The third kappa shape index (κ3) is 6.07. The zero-order valence-electron chi connectivity index (χ0n) is 38.3. The summed E-state index contributed by atoms with van der Waals surface area (Å²) in [5.41, 5.74) is 13.0. The molecule has 0 aliphatic heterocycles. The second-order valence-corrected chi connectivity index (χ2v) is 22.3. The van der Waals surface area contributed by atoms with E-state index in [0.29, 0.717) is 0 Å². The van der Waals surface area contributed by atoms with E-state index < -0.39 is 8.07 Å². The minimum Gasteiger partial charge on any atom is -0.309 e. The zero-order chi connectivity index (χ0) is 46.2. The fourth-order valence-electron chi connectivity index (χ4n) is 11.8. The molecule has 3 aromatic heterocycles. The van der Waals surface area contributed by atoms with E-state index in [-0.39, 0.29) is 0 Å². The Labute approximate surface area is 407 Å². The van der Waals surface area contributed by atoms with Crippen LogP contribution in [0.1, 0.15) is 0 Å². The number of fused-ring (bicyclic) bond motifs is 9. The Bertz CT molecular complexity index is 4240. The van der Waals surface area contributed by atoms with E-state index in [1.165, 1.54) is 97.3 Å². The normalized spacial score (nSPS) is 12.0. The highest BCUT2D eigenvalue weighted by Crippen LogP contribution is 2.40. The van der Waals surface area contributed by atoms with Crippen molar-refractivity contribution < 1.29 is 0 Å². The first-order chi connectivity index (χ1) is 34.7. The molecule has 0 aliphatic rings. The zero-order valence-corrected chi connectivity index (χ0v) is 39.3.